The van der Waals surface area contributed by atoms with E-state index in [1.165, 1.54) is 22.8 Å². The lowest BCUT2D eigenvalue weighted by atomic mass is 10.1. The van der Waals surface area contributed by atoms with Crippen molar-refractivity contribution >= 4 is 27.4 Å². The van der Waals surface area contributed by atoms with Crippen LogP contribution in [0.3, 0.4) is 0 Å². The Kier molecular flexibility index (Phi) is 2.97. The minimum absolute atomic E-state index is 0.264. The largest absolute Gasteiger partial charge is 0.426 e. The fourth-order valence-electron chi connectivity index (χ4n) is 1.78. The Balaban J connectivity index is 2.66. The van der Waals surface area contributed by atoms with Gasteiger partial charge in [0.1, 0.15) is 5.75 Å². The molecular weight excluding hydrogens is 220 g/mol. The van der Waals surface area contributed by atoms with E-state index in [1.807, 2.05) is 13.0 Å². The van der Waals surface area contributed by atoms with E-state index in [-0.39, 0.29) is 5.97 Å². The molecule has 0 aliphatic rings. The molecule has 0 spiro atoms. The van der Waals surface area contributed by atoms with Crippen LogP contribution in [-0.4, -0.2) is 5.97 Å². The van der Waals surface area contributed by atoms with Crippen molar-refractivity contribution in [2.45, 2.75) is 27.2 Å². The topological polar surface area (TPSA) is 26.3 Å². The van der Waals surface area contributed by atoms with Crippen LogP contribution < -0.4 is 4.74 Å². The van der Waals surface area contributed by atoms with Gasteiger partial charge in [0.15, 0.2) is 0 Å². The summed E-state index contributed by atoms with van der Waals surface area (Å²) in [5, 5.41) is 3.16. The third-order valence-electron chi connectivity index (χ3n) is 2.54. The third-order valence-corrected chi connectivity index (χ3v) is 3.59. The second kappa shape index (κ2) is 4.26. The first kappa shape index (κ1) is 11.1. The van der Waals surface area contributed by atoms with Gasteiger partial charge < -0.3 is 4.74 Å². The summed E-state index contributed by atoms with van der Waals surface area (Å²) in [5.41, 5.74) is 2.37. The number of carbonyl (C=O) groups is 1. The maximum atomic E-state index is 11.1. The van der Waals surface area contributed by atoms with Gasteiger partial charge >= 0.3 is 5.97 Å². The van der Waals surface area contributed by atoms with E-state index in [1.54, 1.807) is 11.3 Å². The lowest BCUT2D eigenvalue weighted by molar-refractivity contribution is -0.131. The fourth-order valence-corrected chi connectivity index (χ4v) is 2.80. The zero-order valence-corrected chi connectivity index (χ0v) is 10.5. The van der Waals surface area contributed by atoms with E-state index in [2.05, 4.69) is 18.4 Å². The number of thiophene rings is 1. The number of fused-ring (bicyclic) bond motifs is 1. The molecule has 2 nitrogen and oxygen atoms in total. The first-order chi connectivity index (χ1) is 7.61. The molecule has 1 aromatic carbocycles. The Hall–Kier alpha value is -1.35. The van der Waals surface area contributed by atoms with Crippen molar-refractivity contribution in [3.05, 3.63) is 28.6 Å². The summed E-state index contributed by atoms with van der Waals surface area (Å²) in [6, 6.07) is 4.13. The van der Waals surface area contributed by atoms with Crippen molar-refractivity contribution < 1.29 is 9.53 Å². The Bertz CT molecular complexity index is 540. The van der Waals surface area contributed by atoms with E-state index in [0.29, 0.717) is 5.75 Å². The molecule has 0 atom stereocenters. The number of esters is 1. The quantitative estimate of drug-likeness (QED) is 0.585. The molecule has 0 saturated carbocycles. The van der Waals surface area contributed by atoms with Crippen molar-refractivity contribution in [1.82, 2.24) is 0 Å². The van der Waals surface area contributed by atoms with Crippen molar-refractivity contribution in [3.8, 4) is 5.75 Å². The van der Waals surface area contributed by atoms with Crippen LogP contribution in [-0.2, 0) is 11.2 Å². The molecule has 84 valence electrons. The van der Waals surface area contributed by atoms with Gasteiger partial charge in [0.25, 0.3) is 0 Å². The van der Waals surface area contributed by atoms with Gasteiger partial charge in [-0.05, 0) is 42.0 Å². The summed E-state index contributed by atoms with van der Waals surface area (Å²) in [7, 11) is 0. The van der Waals surface area contributed by atoms with Crippen LogP contribution in [0.5, 0.6) is 5.75 Å². The van der Waals surface area contributed by atoms with Crippen LogP contribution in [0.2, 0.25) is 0 Å². The minimum atomic E-state index is -0.264. The van der Waals surface area contributed by atoms with Gasteiger partial charge in [-0.15, -0.1) is 11.3 Å². The number of hydrogen-bond acceptors (Lipinski definition) is 3. The zero-order chi connectivity index (χ0) is 11.7. The summed E-state index contributed by atoms with van der Waals surface area (Å²) in [4.78, 5) is 11.1. The van der Waals surface area contributed by atoms with E-state index in [9.17, 15) is 4.79 Å². The van der Waals surface area contributed by atoms with Crippen LogP contribution in [0, 0.1) is 6.92 Å². The second-order valence-corrected chi connectivity index (χ2v) is 4.74. The number of benzene rings is 1. The highest BCUT2D eigenvalue weighted by molar-refractivity contribution is 7.17. The first-order valence-electron chi connectivity index (χ1n) is 5.31. The Morgan fingerprint density at radius 3 is 2.81 bits per heavy atom. The molecule has 2 aromatic rings. The lowest BCUT2D eigenvalue weighted by Crippen LogP contribution is -2.02. The molecule has 0 N–H and O–H groups in total. The highest BCUT2D eigenvalue weighted by Gasteiger charge is 2.10. The number of rotatable bonds is 2. The molecule has 3 heteroatoms. The Morgan fingerprint density at radius 1 is 1.44 bits per heavy atom. The van der Waals surface area contributed by atoms with E-state index >= 15 is 0 Å². The molecule has 2 rings (SSSR count). The smallest absolute Gasteiger partial charge is 0.308 e. The molecule has 1 aromatic heterocycles. The molecule has 1 heterocycles. The summed E-state index contributed by atoms with van der Waals surface area (Å²) >= 11 is 1.69. The monoisotopic (exact) mass is 234 g/mol. The predicted molar refractivity (Wildman–Crippen MR) is 67.2 cm³/mol. The van der Waals surface area contributed by atoms with Crippen LogP contribution >= 0.6 is 11.3 Å². The van der Waals surface area contributed by atoms with Crippen molar-refractivity contribution in [2.75, 3.05) is 0 Å². The Labute approximate surface area is 98.9 Å². The summed E-state index contributed by atoms with van der Waals surface area (Å²) in [5.74, 6) is 0.431. The molecule has 0 saturated heterocycles. The van der Waals surface area contributed by atoms with Crippen LogP contribution in [0.15, 0.2) is 17.5 Å². The molecule has 0 radical (unpaired) electrons. The summed E-state index contributed by atoms with van der Waals surface area (Å²) in [6.07, 6.45) is 0.946. The maximum Gasteiger partial charge on any atom is 0.308 e. The average Bonchev–Trinajstić information content (AvgIpc) is 2.59. The van der Waals surface area contributed by atoms with Crippen molar-refractivity contribution in [2.24, 2.45) is 0 Å². The highest BCUT2D eigenvalue weighted by Crippen LogP contribution is 2.35. The summed E-state index contributed by atoms with van der Waals surface area (Å²) in [6.45, 7) is 5.57. The SMILES string of the molecule is CCc1cc(OC(C)=O)c2c(C)csc2c1. The molecule has 0 fully saturated rings. The summed E-state index contributed by atoms with van der Waals surface area (Å²) < 4.78 is 6.46. The zero-order valence-electron chi connectivity index (χ0n) is 9.66. The maximum absolute atomic E-state index is 11.1. The van der Waals surface area contributed by atoms with Crippen molar-refractivity contribution in [3.63, 3.8) is 0 Å². The number of aryl methyl sites for hydroxylation is 2. The van der Waals surface area contributed by atoms with Crippen LogP contribution in [0.4, 0.5) is 0 Å². The molecule has 0 aliphatic carbocycles. The first-order valence-corrected chi connectivity index (χ1v) is 6.19. The van der Waals surface area contributed by atoms with Gasteiger partial charge in [-0.3, -0.25) is 4.79 Å². The fraction of sp³-hybridized carbons (Fsp3) is 0.308. The molecule has 0 aliphatic heterocycles. The van der Waals surface area contributed by atoms with Gasteiger partial charge in [0.2, 0.25) is 0 Å². The molecule has 0 unspecified atom stereocenters. The normalized spacial score (nSPS) is 10.7. The van der Waals surface area contributed by atoms with Gasteiger partial charge in [0.05, 0.1) is 0 Å². The lowest BCUT2D eigenvalue weighted by Gasteiger charge is -2.06. The molecular formula is C13H14O2S. The van der Waals surface area contributed by atoms with E-state index in [4.69, 9.17) is 4.74 Å². The standard InChI is InChI=1S/C13H14O2S/c1-4-10-5-11(15-9(3)14)13-8(2)7-16-12(13)6-10/h5-7H,4H2,1-3H3. The van der Waals surface area contributed by atoms with Crippen LogP contribution in [0.1, 0.15) is 25.0 Å². The molecule has 0 amide bonds. The third kappa shape index (κ3) is 1.95. The van der Waals surface area contributed by atoms with Gasteiger partial charge in [-0.1, -0.05) is 6.92 Å². The number of carbonyl (C=O) groups excluding carboxylic acids is 1. The Morgan fingerprint density at radius 2 is 2.19 bits per heavy atom. The van der Waals surface area contributed by atoms with Crippen molar-refractivity contribution in [1.29, 1.82) is 0 Å². The van der Waals surface area contributed by atoms with E-state index in [0.717, 1.165) is 11.8 Å². The van der Waals surface area contributed by atoms with Gasteiger partial charge in [-0.25, -0.2) is 0 Å². The highest BCUT2D eigenvalue weighted by atomic mass is 32.1. The van der Waals surface area contributed by atoms with Gasteiger partial charge in [-0.2, -0.15) is 0 Å². The van der Waals surface area contributed by atoms with Gasteiger partial charge in [0, 0.05) is 17.0 Å². The average molecular weight is 234 g/mol. The second-order valence-electron chi connectivity index (χ2n) is 3.83. The van der Waals surface area contributed by atoms with Crippen LogP contribution in [0.25, 0.3) is 10.1 Å². The number of hydrogen-bond donors (Lipinski definition) is 0. The molecule has 16 heavy (non-hydrogen) atoms. The van der Waals surface area contributed by atoms with E-state index < -0.39 is 0 Å². The molecule has 0 bridgehead atoms. The minimum Gasteiger partial charge on any atom is -0.426 e. The predicted octanol–water partition coefficient (Wildman–Crippen LogP) is 3.70. The number of ether oxygens (including phenoxy) is 1.